The third-order valence-electron chi connectivity index (χ3n) is 3.37. The lowest BCUT2D eigenvalue weighted by molar-refractivity contribution is 1.12. The second kappa shape index (κ2) is 5.87. The summed E-state index contributed by atoms with van der Waals surface area (Å²) in [5.41, 5.74) is 5.59. The monoisotopic (exact) mass is 356 g/mol. The van der Waals surface area contributed by atoms with Crippen molar-refractivity contribution >= 4 is 39.1 Å². The zero-order valence-electron chi connectivity index (χ0n) is 11.1. The molecular formula is C16H15BrCl2. The highest BCUT2D eigenvalue weighted by atomic mass is 79.9. The number of hydrogen-bond acceptors (Lipinski definition) is 0. The Hall–Kier alpha value is -0.500. The molecule has 1 atom stereocenters. The Morgan fingerprint density at radius 2 is 1.58 bits per heavy atom. The van der Waals surface area contributed by atoms with Gasteiger partial charge in [-0.15, -0.1) is 11.6 Å². The molecular weight excluding hydrogens is 343 g/mol. The summed E-state index contributed by atoms with van der Waals surface area (Å²) < 4.78 is 1.07. The Morgan fingerprint density at radius 1 is 0.947 bits per heavy atom. The van der Waals surface area contributed by atoms with Crippen molar-refractivity contribution in [2.24, 2.45) is 0 Å². The minimum atomic E-state index is -0.233. The maximum absolute atomic E-state index is 6.58. The number of alkyl halides is 1. The van der Waals surface area contributed by atoms with Gasteiger partial charge in [0.25, 0.3) is 0 Å². The van der Waals surface area contributed by atoms with Crippen LogP contribution in [0.1, 0.15) is 33.2 Å². The molecule has 0 aliphatic carbocycles. The van der Waals surface area contributed by atoms with Crippen molar-refractivity contribution in [3.8, 4) is 0 Å². The average Bonchev–Trinajstić information content (AvgIpc) is 2.36. The van der Waals surface area contributed by atoms with E-state index >= 15 is 0 Å². The first kappa shape index (κ1) is 14.9. The van der Waals surface area contributed by atoms with Gasteiger partial charge in [-0.05, 0) is 60.7 Å². The molecule has 0 spiro atoms. The summed E-state index contributed by atoms with van der Waals surface area (Å²) in [6.45, 7) is 6.18. The van der Waals surface area contributed by atoms with E-state index in [4.69, 9.17) is 23.2 Å². The van der Waals surface area contributed by atoms with Crippen molar-refractivity contribution in [2.75, 3.05) is 0 Å². The smallest absolute Gasteiger partial charge is 0.0850 e. The molecule has 0 amide bonds. The standard InChI is InChI=1S/C16H15BrCl2/c1-9-4-5-12(8-14(9)17)16(19)13-6-10(2)11(3)7-15(13)18/h4-8,16H,1-3H3. The number of aryl methyl sites for hydroxylation is 3. The number of halogens is 3. The van der Waals surface area contributed by atoms with Crippen LogP contribution in [0, 0.1) is 20.8 Å². The topological polar surface area (TPSA) is 0 Å². The van der Waals surface area contributed by atoms with E-state index in [1.807, 2.05) is 12.1 Å². The lowest BCUT2D eigenvalue weighted by Gasteiger charge is -2.15. The number of hydrogen-bond donors (Lipinski definition) is 0. The maximum atomic E-state index is 6.58. The van der Waals surface area contributed by atoms with Gasteiger partial charge in [0.05, 0.1) is 5.38 Å². The first-order valence-electron chi connectivity index (χ1n) is 6.07. The second-order valence-electron chi connectivity index (χ2n) is 4.83. The Kier molecular flexibility index (Phi) is 4.60. The van der Waals surface area contributed by atoms with Gasteiger partial charge in [0.1, 0.15) is 0 Å². The van der Waals surface area contributed by atoms with E-state index in [0.29, 0.717) is 0 Å². The van der Waals surface area contributed by atoms with Gasteiger partial charge in [0.2, 0.25) is 0 Å². The van der Waals surface area contributed by atoms with Crippen LogP contribution in [0.5, 0.6) is 0 Å². The van der Waals surface area contributed by atoms with Gasteiger partial charge in [-0.2, -0.15) is 0 Å². The van der Waals surface area contributed by atoms with Crippen LogP contribution in [0.4, 0.5) is 0 Å². The van der Waals surface area contributed by atoms with Crippen molar-refractivity contribution in [2.45, 2.75) is 26.1 Å². The highest BCUT2D eigenvalue weighted by Crippen LogP contribution is 2.36. The Balaban J connectivity index is 2.46. The van der Waals surface area contributed by atoms with E-state index < -0.39 is 0 Å². The minimum Gasteiger partial charge on any atom is -0.113 e. The molecule has 0 fully saturated rings. The summed E-state index contributed by atoms with van der Waals surface area (Å²) in [7, 11) is 0. The summed E-state index contributed by atoms with van der Waals surface area (Å²) in [4.78, 5) is 0. The third-order valence-corrected chi connectivity index (χ3v) is 5.04. The molecule has 3 heteroatoms. The summed E-state index contributed by atoms with van der Waals surface area (Å²) in [6.07, 6.45) is 0. The van der Waals surface area contributed by atoms with Crippen molar-refractivity contribution < 1.29 is 0 Å². The van der Waals surface area contributed by atoms with Crippen LogP contribution in [0.15, 0.2) is 34.8 Å². The summed E-state index contributed by atoms with van der Waals surface area (Å²) in [6, 6.07) is 10.2. The van der Waals surface area contributed by atoms with Crippen molar-refractivity contribution in [1.82, 2.24) is 0 Å². The normalized spacial score (nSPS) is 12.5. The van der Waals surface area contributed by atoms with E-state index in [2.05, 4.69) is 54.9 Å². The molecule has 0 aliphatic heterocycles. The SMILES string of the molecule is Cc1cc(Cl)c(C(Cl)c2ccc(C)c(Br)c2)cc1C. The molecule has 100 valence electrons. The lowest BCUT2D eigenvalue weighted by atomic mass is 9.99. The quantitative estimate of drug-likeness (QED) is 0.549. The van der Waals surface area contributed by atoms with Gasteiger partial charge in [0.15, 0.2) is 0 Å². The molecule has 2 aromatic carbocycles. The molecule has 0 radical (unpaired) electrons. The molecule has 1 unspecified atom stereocenters. The van der Waals surface area contributed by atoms with Gasteiger partial charge >= 0.3 is 0 Å². The van der Waals surface area contributed by atoms with E-state index in [-0.39, 0.29) is 5.38 Å². The van der Waals surface area contributed by atoms with Gasteiger partial charge in [-0.25, -0.2) is 0 Å². The van der Waals surface area contributed by atoms with Crippen molar-refractivity contribution in [3.05, 3.63) is 67.6 Å². The highest BCUT2D eigenvalue weighted by molar-refractivity contribution is 9.10. The van der Waals surface area contributed by atoms with Gasteiger partial charge in [0, 0.05) is 9.50 Å². The summed E-state index contributed by atoms with van der Waals surface area (Å²) in [5.74, 6) is 0. The Morgan fingerprint density at radius 3 is 2.21 bits per heavy atom. The fourth-order valence-electron chi connectivity index (χ4n) is 1.94. The van der Waals surface area contributed by atoms with Gasteiger partial charge in [-0.3, -0.25) is 0 Å². The predicted octanol–water partition coefficient (Wildman–Crippen LogP) is 6.36. The zero-order chi connectivity index (χ0) is 14.2. The third kappa shape index (κ3) is 3.16. The second-order valence-corrected chi connectivity index (χ2v) is 6.53. The van der Waals surface area contributed by atoms with Crippen LogP contribution in [0.3, 0.4) is 0 Å². The minimum absolute atomic E-state index is 0.233. The van der Waals surface area contributed by atoms with Crippen molar-refractivity contribution in [1.29, 1.82) is 0 Å². The summed E-state index contributed by atoms with van der Waals surface area (Å²) >= 11 is 16.4. The highest BCUT2D eigenvalue weighted by Gasteiger charge is 2.16. The molecule has 0 heterocycles. The number of benzene rings is 2. The largest absolute Gasteiger partial charge is 0.113 e. The van der Waals surface area contributed by atoms with Gasteiger partial charge < -0.3 is 0 Å². The first-order chi connectivity index (χ1) is 8.90. The number of rotatable bonds is 2. The molecule has 0 aromatic heterocycles. The van der Waals surface area contributed by atoms with Gasteiger partial charge in [-0.1, -0.05) is 45.7 Å². The van der Waals surface area contributed by atoms with E-state index in [0.717, 1.165) is 20.6 Å². The molecule has 19 heavy (non-hydrogen) atoms. The fraction of sp³-hybridized carbons (Fsp3) is 0.250. The molecule has 0 bridgehead atoms. The zero-order valence-corrected chi connectivity index (χ0v) is 14.2. The van der Waals surface area contributed by atoms with Crippen LogP contribution in [0.2, 0.25) is 5.02 Å². The van der Waals surface area contributed by atoms with Crippen molar-refractivity contribution in [3.63, 3.8) is 0 Å². The van der Waals surface area contributed by atoms with E-state index in [9.17, 15) is 0 Å². The molecule has 0 nitrogen and oxygen atoms in total. The molecule has 0 N–H and O–H groups in total. The van der Waals surface area contributed by atoms with Crippen LogP contribution >= 0.6 is 39.1 Å². The fourth-order valence-corrected chi connectivity index (χ4v) is 3.04. The molecule has 2 aromatic rings. The van der Waals surface area contributed by atoms with Crippen LogP contribution in [0.25, 0.3) is 0 Å². The maximum Gasteiger partial charge on any atom is 0.0850 e. The van der Waals surface area contributed by atoms with Crippen LogP contribution in [-0.4, -0.2) is 0 Å². The predicted molar refractivity (Wildman–Crippen MR) is 87.5 cm³/mol. The molecule has 2 rings (SSSR count). The van der Waals surface area contributed by atoms with E-state index in [1.54, 1.807) is 0 Å². The molecule has 0 saturated carbocycles. The lowest BCUT2D eigenvalue weighted by Crippen LogP contribution is -1.97. The molecule has 0 saturated heterocycles. The Bertz CT molecular complexity index is 620. The van der Waals surface area contributed by atoms with Crippen LogP contribution < -0.4 is 0 Å². The first-order valence-corrected chi connectivity index (χ1v) is 7.67. The van der Waals surface area contributed by atoms with Crippen LogP contribution in [-0.2, 0) is 0 Å². The Labute approximate surface area is 132 Å². The average molecular weight is 358 g/mol. The van der Waals surface area contributed by atoms with E-state index in [1.165, 1.54) is 16.7 Å². The molecule has 0 aliphatic rings. The summed E-state index contributed by atoms with van der Waals surface area (Å²) in [5, 5.41) is 0.489.